The fraction of sp³-hybridized carbons (Fsp3) is 0.263. The molecule has 0 aliphatic rings. The van der Waals surface area contributed by atoms with Gasteiger partial charge in [0, 0.05) is 10.0 Å². The molecule has 5 nitrogen and oxygen atoms in total. The number of nitrogens with zero attached hydrogens (tertiary/aromatic N) is 1. The Morgan fingerprint density at radius 1 is 1.31 bits per heavy atom. The summed E-state index contributed by atoms with van der Waals surface area (Å²) in [4.78, 5) is 11.8. The Kier molecular flexibility index (Phi) is 7.05. The zero-order chi connectivity index (χ0) is 19.3. The molecule has 0 saturated carbocycles. The molecule has 7 heteroatoms. The van der Waals surface area contributed by atoms with Gasteiger partial charge in [-0.3, -0.25) is 4.79 Å². The van der Waals surface area contributed by atoms with Crippen LogP contribution >= 0.6 is 38.5 Å². The summed E-state index contributed by atoms with van der Waals surface area (Å²) in [5.74, 6) is 0.351. The van der Waals surface area contributed by atoms with Gasteiger partial charge < -0.3 is 9.84 Å². The van der Waals surface area contributed by atoms with E-state index in [0.717, 1.165) is 4.47 Å². The van der Waals surface area contributed by atoms with Crippen LogP contribution in [0.1, 0.15) is 31.9 Å². The van der Waals surface area contributed by atoms with E-state index in [2.05, 4.69) is 47.2 Å². The number of aromatic hydroxyl groups is 1. The summed E-state index contributed by atoms with van der Waals surface area (Å²) in [5, 5.41) is 13.8. The SMILES string of the molecule is CC(C)(C)c1ccc(OCC(=O)NN=Cc2cc(Br)cc(I)c2O)cc1. The van der Waals surface area contributed by atoms with E-state index in [4.69, 9.17) is 4.74 Å². The van der Waals surface area contributed by atoms with Gasteiger partial charge in [0.2, 0.25) is 0 Å². The normalized spacial score (nSPS) is 11.6. The van der Waals surface area contributed by atoms with Crippen LogP contribution in [0.4, 0.5) is 0 Å². The third kappa shape index (κ3) is 5.98. The maximum atomic E-state index is 11.8. The number of carbonyl (C=O) groups is 1. The molecule has 0 saturated heterocycles. The van der Waals surface area contributed by atoms with Crippen LogP contribution in [-0.2, 0) is 10.2 Å². The molecular weight excluding hydrogens is 511 g/mol. The number of amides is 1. The standard InChI is InChI=1S/C19H20BrIN2O3/c1-19(2,3)13-4-6-15(7-5-13)26-11-17(24)23-22-10-12-8-14(20)9-16(21)18(12)25/h4-10,25H,11H2,1-3H3,(H,23,24). The van der Waals surface area contributed by atoms with E-state index in [1.165, 1.54) is 11.8 Å². The molecule has 2 aromatic rings. The molecule has 2 N–H and O–H groups in total. The van der Waals surface area contributed by atoms with Gasteiger partial charge in [0.05, 0.1) is 9.78 Å². The van der Waals surface area contributed by atoms with E-state index < -0.39 is 0 Å². The van der Waals surface area contributed by atoms with Crippen molar-refractivity contribution in [2.75, 3.05) is 6.61 Å². The highest BCUT2D eigenvalue weighted by atomic mass is 127. The van der Waals surface area contributed by atoms with Gasteiger partial charge in [0.1, 0.15) is 11.5 Å². The van der Waals surface area contributed by atoms with Crippen molar-refractivity contribution in [3.63, 3.8) is 0 Å². The predicted octanol–water partition coefficient (Wildman–Crippen LogP) is 4.59. The summed E-state index contributed by atoms with van der Waals surface area (Å²) >= 11 is 5.37. The number of hydrogen-bond acceptors (Lipinski definition) is 4. The van der Waals surface area contributed by atoms with Crippen molar-refractivity contribution < 1.29 is 14.6 Å². The first-order chi connectivity index (χ1) is 12.2. The minimum atomic E-state index is -0.384. The van der Waals surface area contributed by atoms with Crippen molar-refractivity contribution in [1.29, 1.82) is 0 Å². The van der Waals surface area contributed by atoms with Crippen molar-refractivity contribution in [3.05, 3.63) is 55.6 Å². The van der Waals surface area contributed by atoms with E-state index in [9.17, 15) is 9.90 Å². The molecule has 0 bridgehead atoms. The fourth-order valence-corrected chi connectivity index (χ4v) is 3.64. The summed E-state index contributed by atoms with van der Waals surface area (Å²) in [5.41, 5.74) is 4.15. The van der Waals surface area contributed by atoms with Gasteiger partial charge in [-0.15, -0.1) is 0 Å². The summed E-state index contributed by atoms with van der Waals surface area (Å²) in [6, 6.07) is 11.2. The van der Waals surface area contributed by atoms with Crippen LogP contribution in [0.3, 0.4) is 0 Å². The lowest BCUT2D eigenvalue weighted by Gasteiger charge is -2.19. The average Bonchev–Trinajstić information content (AvgIpc) is 2.57. The second-order valence-corrected chi connectivity index (χ2v) is 8.76. The van der Waals surface area contributed by atoms with Crippen molar-refractivity contribution in [3.8, 4) is 11.5 Å². The van der Waals surface area contributed by atoms with Crippen LogP contribution in [0.15, 0.2) is 46.0 Å². The number of phenols is 1. The highest BCUT2D eigenvalue weighted by molar-refractivity contribution is 14.1. The van der Waals surface area contributed by atoms with Gasteiger partial charge >= 0.3 is 0 Å². The minimum Gasteiger partial charge on any atom is -0.506 e. The lowest BCUT2D eigenvalue weighted by Crippen LogP contribution is -2.24. The number of hydrogen-bond donors (Lipinski definition) is 2. The molecule has 2 rings (SSSR count). The highest BCUT2D eigenvalue weighted by Gasteiger charge is 2.13. The van der Waals surface area contributed by atoms with E-state index in [1.807, 2.05) is 46.9 Å². The van der Waals surface area contributed by atoms with E-state index >= 15 is 0 Å². The average molecular weight is 531 g/mol. The molecule has 0 unspecified atom stereocenters. The van der Waals surface area contributed by atoms with E-state index in [-0.39, 0.29) is 23.7 Å². The second-order valence-electron chi connectivity index (χ2n) is 6.68. The maximum Gasteiger partial charge on any atom is 0.277 e. The minimum absolute atomic E-state index is 0.0699. The van der Waals surface area contributed by atoms with Crippen LogP contribution in [0.25, 0.3) is 0 Å². The van der Waals surface area contributed by atoms with Crippen molar-refractivity contribution in [2.45, 2.75) is 26.2 Å². The molecule has 2 aromatic carbocycles. The summed E-state index contributed by atoms with van der Waals surface area (Å²) in [7, 11) is 0. The Hall–Kier alpha value is -1.61. The first-order valence-corrected chi connectivity index (χ1v) is 9.77. The zero-order valence-electron chi connectivity index (χ0n) is 14.7. The molecular formula is C19H20BrIN2O3. The molecule has 0 spiro atoms. The molecule has 0 radical (unpaired) electrons. The lowest BCUT2D eigenvalue weighted by molar-refractivity contribution is -0.123. The Labute approximate surface area is 175 Å². The van der Waals surface area contributed by atoms with Gasteiger partial charge in [0.25, 0.3) is 5.91 Å². The number of nitrogens with one attached hydrogen (secondary N) is 1. The molecule has 1 amide bonds. The number of benzene rings is 2. The lowest BCUT2D eigenvalue weighted by atomic mass is 9.87. The Morgan fingerprint density at radius 2 is 1.96 bits per heavy atom. The largest absolute Gasteiger partial charge is 0.506 e. The summed E-state index contributed by atoms with van der Waals surface area (Å²) < 4.78 is 6.96. The second kappa shape index (κ2) is 8.85. The molecule has 26 heavy (non-hydrogen) atoms. The molecule has 0 aromatic heterocycles. The van der Waals surface area contributed by atoms with Gasteiger partial charge in [-0.1, -0.05) is 48.8 Å². The van der Waals surface area contributed by atoms with Crippen molar-refractivity contribution in [2.24, 2.45) is 5.10 Å². The fourth-order valence-electron chi connectivity index (χ4n) is 2.09. The number of phenolic OH excluding ortho intramolecular Hbond substituents is 1. The van der Waals surface area contributed by atoms with Crippen LogP contribution in [-0.4, -0.2) is 23.8 Å². The maximum absolute atomic E-state index is 11.8. The predicted molar refractivity (Wildman–Crippen MR) is 115 cm³/mol. The Balaban J connectivity index is 1.88. The van der Waals surface area contributed by atoms with E-state index in [1.54, 1.807) is 12.1 Å². The third-order valence-corrected chi connectivity index (χ3v) is 4.82. The number of halogens is 2. The summed E-state index contributed by atoms with van der Waals surface area (Å²) in [6.45, 7) is 6.27. The molecule has 0 aliphatic carbocycles. The van der Waals surface area contributed by atoms with Gasteiger partial charge in [-0.05, 0) is 57.8 Å². The van der Waals surface area contributed by atoms with E-state index in [0.29, 0.717) is 14.9 Å². The Bertz CT molecular complexity index is 815. The monoisotopic (exact) mass is 530 g/mol. The van der Waals surface area contributed by atoms with Gasteiger partial charge in [0.15, 0.2) is 6.61 Å². The molecule has 0 heterocycles. The molecule has 0 atom stereocenters. The van der Waals surface area contributed by atoms with Gasteiger partial charge in [-0.25, -0.2) is 5.43 Å². The van der Waals surface area contributed by atoms with Crippen LogP contribution in [0, 0.1) is 3.57 Å². The number of carbonyl (C=O) groups excluding carboxylic acids is 1. The van der Waals surface area contributed by atoms with Crippen LogP contribution in [0.5, 0.6) is 11.5 Å². The smallest absolute Gasteiger partial charge is 0.277 e. The third-order valence-electron chi connectivity index (χ3n) is 3.54. The van der Waals surface area contributed by atoms with Crippen LogP contribution in [0.2, 0.25) is 0 Å². The molecule has 138 valence electrons. The van der Waals surface area contributed by atoms with Crippen molar-refractivity contribution >= 4 is 50.6 Å². The molecule has 0 fully saturated rings. The first-order valence-electron chi connectivity index (χ1n) is 7.90. The van der Waals surface area contributed by atoms with Crippen LogP contribution < -0.4 is 10.2 Å². The first kappa shape index (κ1) is 20.7. The quantitative estimate of drug-likeness (QED) is 0.337. The van der Waals surface area contributed by atoms with Gasteiger partial charge in [-0.2, -0.15) is 5.10 Å². The highest BCUT2D eigenvalue weighted by Crippen LogP contribution is 2.27. The number of rotatable bonds is 5. The van der Waals surface area contributed by atoms with Crippen molar-refractivity contribution in [1.82, 2.24) is 5.43 Å². The zero-order valence-corrected chi connectivity index (χ0v) is 18.5. The topological polar surface area (TPSA) is 70.9 Å². The summed E-state index contributed by atoms with van der Waals surface area (Å²) in [6.07, 6.45) is 1.39. The number of ether oxygens (including phenoxy) is 1. The Morgan fingerprint density at radius 3 is 2.58 bits per heavy atom. The molecule has 0 aliphatic heterocycles. The number of hydrazone groups is 1.